The predicted molar refractivity (Wildman–Crippen MR) is 42.1 cm³/mol. The van der Waals surface area contributed by atoms with Gasteiger partial charge in [-0.05, 0) is 12.8 Å². The van der Waals surface area contributed by atoms with E-state index < -0.39 is 5.60 Å². The van der Waals surface area contributed by atoms with E-state index in [1.165, 1.54) is 0 Å². The predicted octanol–water partition coefficient (Wildman–Crippen LogP) is 1.27. The molecule has 2 nitrogen and oxygen atoms in total. The van der Waals surface area contributed by atoms with Crippen LogP contribution < -0.4 is 5.73 Å². The molecule has 0 aromatic carbocycles. The number of hydrogen-bond acceptors (Lipinski definition) is 1. The molecule has 0 aromatic heterocycles. The van der Waals surface area contributed by atoms with E-state index in [0.29, 0.717) is 12.8 Å². The quantitative estimate of drug-likeness (QED) is 0.574. The molecule has 0 bridgehead atoms. The first kappa shape index (κ1) is 9.40. The minimum atomic E-state index is -1.07. The van der Waals surface area contributed by atoms with Crippen LogP contribution in [0.4, 0.5) is 0 Å². The number of nitrogens with two attached hydrogens (primary N) is 1. The van der Waals surface area contributed by atoms with Gasteiger partial charge in [0.15, 0.2) is 0 Å². The second-order valence-electron chi connectivity index (χ2n) is 2.37. The van der Waals surface area contributed by atoms with E-state index in [1.54, 1.807) is 12.2 Å². The van der Waals surface area contributed by atoms with E-state index in [1.807, 2.05) is 0 Å². The number of rotatable bonds is 5. The lowest BCUT2D eigenvalue weighted by molar-refractivity contribution is -0.0163. The third-order valence-corrected chi connectivity index (χ3v) is 1.40. The van der Waals surface area contributed by atoms with E-state index in [4.69, 9.17) is 5.73 Å². The summed E-state index contributed by atoms with van der Waals surface area (Å²) in [5.41, 5.74) is 4.21. The third kappa shape index (κ3) is 2.80. The van der Waals surface area contributed by atoms with Gasteiger partial charge in [0.2, 0.25) is 0 Å². The molecule has 0 saturated heterocycles. The molecule has 0 amide bonds. The van der Waals surface area contributed by atoms with Crippen LogP contribution in [0.3, 0.4) is 0 Å². The Balaban J connectivity index is 3.92. The summed E-state index contributed by atoms with van der Waals surface area (Å²) < 4.78 is 0. The van der Waals surface area contributed by atoms with Crippen molar-refractivity contribution >= 4 is 0 Å². The van der Waals surface area contributed by atoms with Crippen molar-refractivity contribution in [2.75, 3.05) is 6.54 Å². The molecule has 2 N–H and O–H groups in total. The molecule has 0 aliphatic heterocycles. The summed E-state index contributed by atoms with van der Waals surface area (Å²) in [4.78, 5) is 0. The van der Waals surface area contributed by atoms with Crippen LogP contribution in [-0.2, 0) is 5.11 Å². The first-order valence-electron chi connectivity index (χ1n) is 3.31. The van der Waals surface area contributed by atoms with Crippen LogP contribution in [0.1, 0.15) is 12.8 Å². The summed E-state index contributed by atoms with van der Waals surface area (Å²) in [7, 11) is 0. The average Bonchev–Trinajstić information content (AvgIpc) is 1.89. The third-order valence-electron chi connectivity index (χ3n) is 1.40. The lowest BCUT2D eigenvalue weighted by atomic mass is 9.96. The second-order valence-corrected chi connectivity index (χ2v) is 2.37. The molecule has 57 valence electrons. The Morgan fingerprint density at radius 1 is 1.30 bits per heavy atom. The highest BCUT2D eigenvalue weighted by atomic mass is 16.3. The fraction of sp³-hybridized carbons (Fsp3) is 0.500. The standard InChI is InChI=1S/C8H14NO/c1-3-5-8(10,7-9)6-4-2/h3-4H,1-2,5-7,9H2. The van der Waals surface area contributed by atoms with Crippen LogP contribution in [0.25, 0.3) is 0 Å². The van der Waals surface area contributed by atoms with E-state index in [2.05, 4.69) is 13.2 Å². The summed E-state index contributed by atoms with van der Waals surface area (Å²) in [5, 5.41) is 11.4. The molecule has 0 heterocycles. The Bertz CT molecular complexity index is 110. The topological polar surface area (TPSA) is 45.9 Å². The Hall–Kier alpha value is -0.600. The molecule has 10 heavy (non-hydrogen) atoms. The fourth-order valence-electron chi connectivity index (χ4n) is 0.776. The molecule has 0 aliphatic carbocycles. The van der Waals surface area contributed by atoms with Crippen LogP contribution in [-0.4, -0.2) is 12.1 Å². The lowest BCUT2D eigenvalue weighted by Crippen LogP contribution is -2.35. The average molecular weight is 140 g/mol. The lowest BCUT2D eigenvalue weighted by Gasteiger charge is -2.19. The molecule has 0 saturated carbocycles. The molecule has 0 aromatic rings. The monoisotopic (exact) mass is 140 g/mol. The highest BCUT2D eigenvalue weighted by molar-refractivity contribution is 4.92. The zero-order valence-corrected chi connectivity index (χ0v) is 6.18. The first-order valence-corrected chi connectivity index (χ1v) is 3.31. The van der Waals surface area contributed by atoms with Crippen molar-refractivity contribution in [3.63, 3.8) is 0 Å². The summed E-state index contributed by atoms with van der Waals surface area (Å²) in [6.07, 6.45) is 4.03. The molecule has 0 fully saturated rings. The minimum absolute atomic E-state index is 0.144. The Morgan fingerprint density at radius 3 is 1.90 bits per heavy atom. The van der Waals surface area contributed by atoms with Crippen LogP contribution in [0.2, 0.25) is 0 Å². The molecule has 0 spiro atoms. The highest BCUT2D eigenvalue weighted by Gasteiger charge is 2.23. The van der Waals surface area contributed by atoms with Gasteiger partial charge < -0.3 is 5.73 Å². The van der Waals surface area contributed by atoms with Crippen LogP contribution in [0.15, 0.2) is 25.3 Å². The SMILES string of the molecule is C=CCC([O])(CN)CC=C. The minimum Gasteiger partial charge on any atom is -0.328 e. The van der Waals surface area contributed by atoms with E-state index in [-0.39, 0.29) is 6.54 Å². The van der Waals surface area contributed by atoms with E-state index in [9.17, 15) is 5.11 Å². The van der Waals surface area contributed by atoms with Crippen LogP contribution in [0, 0.1) is 0 Å². The van der Waals surface area contributed by atoms with Crippen LogP contribution in [0.5, 0.6) is 0 Å². The van der Waals surface area contributed by atoms with Crippen molar-refractivity contribution in [3.8, 4) is 0 Å². The molecule has 1 radical (unpaired) electrons. The molecule has 0 atom stereocenters. The van der Waals surface area contributed by atoms with Gasteiger partial charge in [0.1, 0.15) is 5.60 Å². The van der Waals surface area contributed by atoms with Gasteiger partial charge in [-0.3, -0.25) is 0 Å². The van der Waals surface area contributed by atoms with Crippen molar-refractivity contribution in [2.24, 2.45) is 5.73 Å². The van der Waals surface area contributed by atoms with Crippen molar-refractivity contribution in [3.05, 3.63) is 25.3 Å². The zero-order chi connectivity index (χ0) is 8.04. The second kappa shape index (κ2) is 4.25. The Kier molecular flexibility index (Phi) is 4.00. The highest BCUT2D eigenvalue weighted by Crippen LogP contribution is 2.14. The van der Waals surface area contributed by atoms with E-state index >= 15 is 0 Å². The van der Waals surface area contributed by atoms with Gasteiger partial charge >= 0.3 is 0 Å². The Morgan fingerprint density at radius 2 is 1.70 bits per heavy atom. The van der Waals surface area contributed by atoms with Crippen molar-refractivity contribution in [1.82, 2.24) is 0 Å². The molecular formula is C8H14NO. The molecule has 0 unspecified atom stereocenters. The van der Waals surface area contributed by atoms with Gasteiger partial charge in [-0.1, -0.05) is 12.2 Å². The van der Waals surface area contributed by atoms with Gasteiger partial charge in [-0.2, -0.15) is 0 Å². The van der Waals surface area contributed by atoms with Crippen molar-refractivity contribution < 1.29 is 5.11 Å². The number of hydrogen-bond donors (Lipinski definition) is 1. The maximum atomic E-state index is 11.4. The van der Waals surface area contributed by atoms with Gasteiger partial charge in [-0.25, -0.2) is 5.11 Å². The molecule has 0 aliphatic rings. The van der Waals surface area contributed by atoms with Gasteiger partial charge in [0.25, 0.3) is 0 Å². The first-order chi connectivity index (χ1) is 4.68. The normalized spacial score (nSPS) is 11.0. The van der Waals surface area contributed by atoms with E-state index in [0.717, 1.165) is 0 Å². The zero-order valence-electron chi connectivity index (χ0n) is 6.18. The maximum absolute atomic E-state index is 11.4. The summed E-state index contributed by atoms with van der Waals surface area (Å²) in [5.74, 6) is 0. The smallest absolute Gasteiger partial charge is 0.122 e. The largest absolute Gasteiger partial charge is 0.328 e. The summed E-state index contributed by atoms with van der Waals surface area (Å²) in [6.45, 7) is 7.12. The maximum Gasteiger partial charge on any atom is 0.122 e. The molecular weight excluding hydrogens is 126 g/mol. The van der Waals surface area contributed by atoms with Gasteiger partial charge in [0.05, 0.1) is 0 Å². The molecule has 2 heteroatoms. The summed E-state index contributed by atoms with van der Waals surface area (Å²) in [6, 6.07) is 0. The van der Waals surface area contributed by atoms with Gasteiger partial charge in [-0.15, -0.1) is 13.2 Å². The fourth-order valence-corrected chi connectivity index (χ4v) is 0.776. The van der Waals surface area contributed by atoms with Crippen molar-refractivity contribution in [2.45, 2.75) is 18.4 Å². The van der Waals surface area contributed by atoms with Gasteiger partial charge in [0, 0.05) is 6.54 Å². The summed E-state index contributed by atoms with van der Waals surface area (Å²) >= 11 is 0. The molecule has 0 rings (SSSR count). The van der Waals surface area contributed by atoms with Crippen molar-refractivity contribution in [1.29, 1.82) is 0 Å². The Labute approximate surface area is 62.0 Å². The van der Waals surface area contributed by atoms with Crippen LogP contribution >= 0.6 is 0 Å².